The Morgan fingerprint density at radius 2 is 2.25 bits per heavy atom. The number of likely N-dealkylation sites (tertiary alicyclic amines) is 1. The molecule has 5 nitrogen and oxygen atoms in total. The number of aryl methyl sites for hydroxylation is 1. The minimum Gasteiger partial charge on any atom is -0.323 e. The lowest BCUT2D eigenvalue weighted by Crippen LogP contribution is -2.36. The van der Waals surface area contributed by atoms with E-state index in [9.17, 15) is 4.79 Å². The van der Waals surface area contributed by atoms with Crippen LogP contribution in [0.15, 0.2) is 18.2 Å². The fourth-order valence-corrected chi connectivity index (χ4v) is 2.37. The van der Waals surface area contributed by atoms with Crippen LogP contribution in [0.25, 0.3) is 0 Å². The Balaban J connectivity index is 2.01. The van der Waals surface area contributed by atoms with Gasteiger partial charge in [0.05, 0.1) is 11.6 Å². The predicted molar refractivity (Wildman–Crippen MR) is 78.6 cm³/mol. The highest BCUT2D eigenvalue weighted by Crippen LogP contribution is 2.17. The van der Waals surface area contributed by atoms with Crippen molar-refractivity contribution in [2.24, 2.45) is 0 Å². The summed E-state index contributed by atoms with van der Waals surface area (Å²) in [6.45, 7) is 3.40. The van der Waals surface area contributed by atoms with Gasteiger partial charge >= 0.3 is 6.03 Å². The summed E-state index contributed by atoms with van der Waals surface area (Å²) in [5.74, 6) is 0. The summed E-state index contributed by atoms with van der Waals surface area (Å²) in [7, 11) is 4.07. The summed E-state index contributed by atoms with van der Waals surface area (Å²) < 4.78 is 0. The molecule has 2 amide bonds. The quantitative estimate of drug-likeness (QED) is 0.896. The number of amides is 2. The Kier molecular flexibility index (Phi) is 4.26. The van der Waals surface area contributed by atoms with E-state index in [0.29, 0.717) is 17.3 Å². The van der Waals surface area contributed by atoms with Crippen LogP contribution in [-0.2, 0) is 0 Å². The maximum atomic E-state index is 12.2. The van der Waals surface area contributed by atoms with Gasteiger partial charge in [-0.05, 0) is 45.1 Å². The van der Waals surface area contributed by atoms with Gasteiger partial charge in [0.2, 0.25) is 0 Å². The SMILES string of the molecule is Cc1ccc(NC(=O)N2CC[C@H](N(C)C)C2)cc1C#N. The topological polar surface area (TPSA) is 59.4 Å². The van der Waals surface area contributed by atoms with Crippen molar-refractivity contribution >= 4 is 11.7 Å². The van der Waals surface area contributed by atoms with Gasteiger partial charge in [-0.3, -0.25) is 0 Å². The molecule has 2 rings (SSSR count). The molecule has 1 atom stereocenters. The largest absolute Gasteiger partial charge is 0.323 e. The third-order valence-corrected chi connectivity index (χ3v) is 3.79. The smallest absolute Gasteiger partial charge is 0.321 e. The highest BCUT2D eigenvalue weighted by Gasteiger charge is 2.27. The zero-order chi connectivity index (χ0) is 14.7. The van der Waals surface area contributed by atoms with Crippen LogP contribution in [-0.4, -0.2) is 49.1 Å². The van der Waals surface area contributed by atoms with E-state index in [-0.39, 0.29) is 6.03 Å². The van der Waals surface area contributed by atoms with Crippen LogP contribution < -0.4 is 5.32 Å². The van der Waals surface area contributed by atoms with Gasteiger partial charge in [-0.25, -0.2) is 4.79 Å². The lowest BCUT2D eigenvalue weighted by Gasteiger charge is -2.20. The van der Waals surface area contributed by atoms with Gasteiger partial charge in [0.15, 0.2) is 0 Å². The predicted octanol–water partition coefficient (Wildman–Crippen LogP) is 2.03. The molecule has 0 radical (unpaired) electrons. The highest BCUT2D eigenvalue weighted by atomic mass is 16.2. The van der Waals surface area contributed by atoms with Gasteiger partial charge in [0, 0.05) is 24.8 Å². The van der Waals surface area contributed by atoms with Crippen molar-refractivity contribution in [2.45, 2.75) is 19.4 Å². The molecule has 1 aliphatic rings. The van der Waals surface area contributed by atoms with Crippen LogP contribution in [0.4, 0.5) is 10.5 Å². The standard InChI is InChI=1S/C15H20N4O/c1-11-4-5-13(8-12(11)9-16)17-15(20)19-7-6-14(10-19)18(2)3/h4-5,8,14H,6-7,10H2,1-3H3,(H,17,20)/t14-/m0/s1. The summed E-state index contributed by atoms with van der Waals surface area (Å²) in [6, 6.07) is 7.85. The molecule has 0 saturated carbocycles. The van der Waals surface area contributed by atoms with Gasteiger partial charge in [0.1, 0.15) is 0 Å². The Morgan fingerprint density at radius 3 is 2.85 bits per heavy atom. The first-order valence-electron chi connectivity index (χ1n) is 6.74. The molecular weight excluding hydrogens is 252 g/mol. The third-order valence-electron chi connectivity index (χ3n) is 3.79. The first-order chi connectivity index (χ1) is 9.51. The lowest BCUT2D eigenvalue weighted by molar-refractivity contribution is 0.216. The first-order valence-corrected chi connectivity index (χ1v) is 6.74. The second kappa shape index (κ2) is 5.93. The summed E-state index contributed by atoms with van der Waals surface area (Å²) >= 11 is 0. The molecule has 1 fully saturated rings. The second-order valence-corrected chi connectivity index (χ2v) is 5.42. The molecule has 5 heteroatoms. The van der Waals surface area contributed by atoms with E-state index in [1.165, 1.54) is 0 Å². The lowest BCUT2D eigenvalue weighted by atomic mass is 10.1. The van der Waals surface area contributed by atoms with Crippen LogP contribution in [0.3, 0.4) is 0 Å². The van der Waals surface area contributed by atoms with E-state index in [0.717, 1.165) is 25.1 Å². The van der Waals surface area contributed by atoms with Crippen molar-refractivity contribution in [1.29, 1.82) is 5.26 Å². The number of carbonyl (C=O) groups excluding carboxylic acids is 1. The molecule has 0 spiro atoms. The minimum absolute atomic E-state index is 0.0953. The van der Waals surface area contributed by atoms with Crippen molar-refractivity contribution in [1.82, 2.24) is 9.80 Å². The number of hydrogen-bond donors (Lipinski definition) is 1. The summed E-state index contributed by atoms with van der Waals surface area (Å²) in [5.41, 5.74) is 2.18. The van der Waals surface area contributed by atoms with Crippen LogP contribution >= 0.6 is 0 Å². The molecule has 1 aliphatic heterocycles. The van der Waals surface area contributed by atoms with Crippen LogP contribution in [0.1, 0.15) is 17.5 Å². The van der Waals surface area contributed by atoms with Crippen LogP contribution in [0, 0.1) is 18.3 Å². The van der Waals surface area contributed by atoms with E-state index in [2.05, 4.69) is 16.3 Å². The van der Waals surface area contributed by atoms with Gasteiger partial charge in [-0.15, -0.1) is 0 Å². The first kappa shape index (κ1) is 14.4. The van der Waals surface area contributed by atoms with E-state index >= 15 is 0 Å². The van der Waals surface area contributed by atoms with Gasteiger partial charge < -0.3 is 15.1 Å². The fourth-order valence-electron chi connectivity index (χ4n) is 2.37. The Hall–Kier alpha value is -2.06. The minimum atomic E-state index is -0.0953. The molecule has 0 bridgehead atoms. The number of hydrogen-bond acceptors (Lipinski definition) is 3. The van der Waals surface area contributed by atoms with Gasteiger partial charge in [0.25, 0.3) is 0 Å². The monoisotopic (exact) mass is 272 g/mol. The van der Waals surface area contributed by atoms with Crippen molar-refractivity contribution in [3.63, 3.8) is 0 Å². The molecule has 1 aromatic carbocycles. The summed E-state index contributed by atoms with van der Waals surface area (Å²) in [5, 5.41) is 11.9. The summed E-state index contributed by atoms with van der Waals surface area (Å²) in [6.07, 6.45) is 0.998. The van der Waals surface area contributed by atoms with Crippen LogP contribution in [0.5, 0.6) is 0 Å². The van der Waals surface area contributed by atoms with E-state index in [4.69, 9.17) is 5.26 Å². The molecule has 1 saturated heterocycles. The van der Waals surface area contributed by atoms with Crippen LogP contribution in [0.2, 0.25) is 0 Å². The van der Waals surface area contributed by atoms with Crippen molar-refractivity contribution in [2.75, 3.05) is 32.5 Å². The molecule has 1 aromatic rings. The Labute approximate surface area is 119 Å². The number of benzene rings is 1. The maximum absolute atomic E-state index is 12.2. The van der Waals surface area contributed by atoms with Crippen molar-refractivity contribution in [3.8, 4) is 6.07 Å². The normalized spacial score (nSPS) is 18.1. The zero-order valence-electron chi connectivity index (χ0n) is 12.2. The van der Waals surface area contributed by atoms with Crippen molar-refractivity contribution < 1.29 is 4.79 Å². The summed E-state index contributed by atoms with van der Waals surface area (Å²) in [4.78, 5) is 16.1. The maximum Gasteiger partial charge on any atom is 0.321 e. The number of nitrogens with zero attached hydrogens (tertiary/aromatic N) is 3. The second-order valence-electron chi connectivity index (χ2n) is 5.42. The van der Waals surface area contributed by atoms with Gasteiger partial charge in [-0.1, -0.05) is 6.07 Å². The molecular formula is C15H20N4O. The fraction of sp³-hybridized carbons (Fsp3) is 0.467. The molecule has 0 unspecified atom stereocenters. The zero-order valence-corrected chi connectivity index (χ0v) is 12.2. The number of anilines is 1. The average Bonchev–Trinajstić information content (AvgIpc) is 2.91. The molecule has 106 valence electrons. The molecule has 20 heavy (non-hydrogen) atoms. The van der Waals surface area contributed by atoms with E-state index in [1.807, 2.05) is 38.1 Å². The number of carbonyl (C=O) groups is 1. The highest BCUT2D eigenvalue weighted by molar-refractivity contribution is 5.89. The molecule has 1 heterocycles. The number of urea groups is 1. The molecule has 1 N–H and O–H groups in total. The number of nitrogens with one attached hydrogen (secondary N) is 1. The third kappa shape index (κ3) is 3.09. The van der Waals surface area contributed by atoms with E-state index < -0.39 is 0 Å². The molecule has 0 aliphatic carbocycles. The Bertz CT molecular complexity index is 547. The molecule has 0 aromatic heterocycles. The van der Waals surface area contributed by atoms with Crippen molar-refractivity contribution in [3.05, 3.63) is 29.3 Å². The van der Waals surface area contributed by atoms with Gasteiger partial charge in [-0.2, -0.15) is 5.26 Å². The van der Waals surface area contributed by atoms with E-state index in [1.54, 1.807) is 6.07 Å². The number of likely N-dealkylation sites (N-methyl/N-ethyl adjacent to an activating group) is 1. The Morgan fingerprint density at radius 1 is 1.50 bits per heavy atom. The number of nitriles is 1. The average molecular weight is 272 g/mol. The number of rotatable bonds is 2.